The molecule has 1 fully saturated rings. The van der Waals surface area contributed by atoms with Crippen molar-refractivity contribution in [3.8, 4) is 0 Å². The number of likely N-dealkylation sites (N-methyl/N-ethyl adjacent to an activating group) is 2. The Morgan fingerprint density at radius 2 is 2.00 bits per heavy atom. The molecule has 86 valence electrons. The number of nitrogens with zero attached hydrogens (tertiary/aromatic N) is 2. The van der Waals surface area contributed by atoms with Crippen molar-refractivity contribution < 1.29 is 4.79 Å². The second kappa shape index (κ2) is 6.71. The van der Waals surface area contributed by atoms with Crippen LogP contribution in [0, 0.1) is 0 Å². The summed E-state index contributed by atoms with van der Waals surface area (Å²) in [6, 6.07) is 0. The summed E-state index contributed by atoms with van der Waals surface area (Å²) in [4.78, 5) is 16.0. The Morgan fingerprint density at radius 1 is 1.33 bits per heavy atom. The molecule has 4 nitrogen and oxygen atoms in total. The van der Waals surface area contributed by atoms with Crippen molar-refractivity contribution in [3.05, 3.63) is 12.2 Å². The number of hydrogen-bond donors (Lipinski definition) is 1. The van der Waals surface area contributed by atoms with E-state index in [0.29, 0.717) is 6.54 Å². The fourth-order valence-corrected chi connectivity index (χ4v) is 1.59. The van der Waals surface area contributed by atoms with Crippen LogP contribution < -0.4 is 5.32 Å². The number of carbonyl (C=O) groups is 1. The average Bonchev–Trinajstić information content (AvgIpc) is 2.22. The van der Waals surface area contributed by atoms with Crippen LogP contribution in [-0.2, 0) is 4.79 Å². The fourth-order valence-electron chi connectivity index (χ4n) is 1.59. The van der Waals surface area contributed by atoms with Crippen LogP contribution in [0.2, 0.25) is 0 Å². The molecule has 1 aliphatic rings. The minimum absolute atomic E-state index is 0.204. The molecule has 0 aromatic carbocycles. The lowest BCUT2D eigenvalue weighted by molar-refractivity contribution is -0.116. The van der Waals surface area contributed by atoms with E-state index in [0.717, 1.165) is 32.7 Å². The molecule has 1 rings (SSSR count). The van der Waals surface area contributed by atoms with Gasteiger partial charge in [0.15, 0.2) is 5.78 Å². The van der Waals surface area contributed by atoms with Crippen LogP contribution in [0.4, 0.5) is 0 Å². The van der Waals surface area contributed by atoms with Gasteiger partial charge >= 0.3 is 0 Å². The maximum Gasteiger partial charge on any atom is 0.169 e. The van der Waals surface area contributed by atoms with Gasteiger partial charge in [0, 0.05) is 32.7 Å². The Kier molecular flexibility index (Phi) is 5.53. The summed E-state index contributed by atoms with van der Waals surface area (Å²) in [6.07, 6.45) is 3.55. The minimum atomic E-state index is 0.204. The first-order valence-corrected chi connectivity index (χ1v) is 5.47. The van der Waals surface area contributed by atoms with Gasteiger partial charge in [-0.25, -0.2) is 0 Å². The van der Waals surface area contributed by atoms with E-state index in [1.807, 2.05) is 13.1 Å². The second-order valence-corrected chi connectivity index (χ2v) is 4.01. The molecule has 1 aliphatic heterocycles. The maximum absolute atomic E-state index is 11.5. The molecule has 0 saturated carbocycles. The highest BCUT2D eigenvalue weighted by atomic mass is 16.1. The van der Waals surface area contributed by atoms with Crippen molar-refractivity contribution in [2.45, 2.75) is 0 Å². The number of carbonyl (C=O) groups excluding carboxylic acids is 1. The van der Waals surface area contributed by atoms with E-state index in [4.69, 9.17) is 0 Å². The standard InChI is InChI=1S/C11H21N3O/c1-12-5-3-4-11(15)10-14-8-6-13(2)7-9-14/h3-4,12H,5-10H2,1-2H3/b4-3+. The molecule has 15 heavy (non-hydrogen) atoms. The summed E-state index contributed by atoms with van der Waals surface area (Å²) in [7, 11) is 3.99. The van der Waals surface area contributed by atoms with Crippen LogP contribution in [0.25, 0.3) is 0 Å². The highest BCUT2D eigenvalue weighted by Gasteiger charge is 2.14. The molecule has 0 bridgehead atoms. The lowest BCUT2D eigenvalue weighted by atomic mass is 10.2. The highest BCUT2D eigenvalue weighted by molar-refractivity contribution is 5.91. The predicted octanol–water partition coefficient (Wildman–Crippen LogP) is -0.421. The third-order valence-corrected chi connectivity index (χ3v) is 2.60. The normalized spacial score (nSPS) is 19.9. The Morgan fingerprint density at radius 3 is 2.60 bits per heavy atom. The molecule has 0 aromatic rings. The highest BCUT2D eigenvalue weighted by Crippen LogP contribution is 1.98. The number of hydrogen-bond acceptors (Lipinski definition) is 4. The van der Waals surface area contributed by atoms with Crippen LogP contribution >= 0.6 is 0 Å². The Bertz CT molecular complexity index is 220. The van der Waals surface area contributed by atoms with Crippen LogP contribution in [-0.4, -0.2) is 68.9 Å². The molecule has 4 heteroatoms. The van der Waals surface area contributed by atoms with Crippen molar-refractivity contribution in [1.82, 2.24) is 15.1 Å². The van der Waals surface area contributed by atoms with Crippen molar-refractivity contribution >= 4 is 5.78 Å². The second-order valence-electron chi connectivity index (χ2n) is 4.01. The molecule has 0 radical (unpaired) electrons. The van der Waals surface area contributed by atoms with E-state index in [2.05, 4.69) is 22.2 Å². The largest absolute Gasteiger partial charge is 0.316 e. The first-order chi connectivity index (χ1) is 7.22. The van der Waals surface area contributed by atoms with Gasteiger partial charge in [0.25, 0.3) is 0 Å². The van der Waals surface area contributed by atoms with E-state index < -0.39 is 0 Å². The lowest BCUT2D eigenvalue weighted by Crippen LogP contribution is -2.46. The van der Waals surface area contributed by atoms with Gasteiger partial charge < -0.3 is 10.2 Å². The Labute approximate surface area is 91.9 Å². The molecular weight excluding hydrogens is 190 g/mol. The van der Waals surface area contributed by atoms with E-state index >= 15 is 0 Å². The van der Waals surface area contributed by atoms with Gasteiger partial charge in [0.05, 0.1) is 6.54 Å². The van der Waals surface area contributed by atoms with Gasteiger partial charge in [-0.05, 0) is 20.2 Å². The molecule has 1 saturated heterocycles. The molecule has 0 amide bonds. The first kappa shape index (κ1) is 12.4. The van der Waals surface area contributed by atoms with E-state index in [1.165, 1.54) is 0 Å². The number of nitrogens with one attached hydrogen (secondary N) is 1. The molecule has 1 heterocycles. The molecule has 0 spiro atoms. The van der Waals surface area contributed by atoms with Gasteiger partial charge in [-0.15, -0.1) is 0 Å². The summed E-state index contributed by atoms with van der Waals surface area (Å²) >= 11 is 0. The van der Waals surface area contributed by atoms with E-state index in [-0.39, 0.29) is 5.78 Å². The molecule has 0 aromatic heterocycles. The lowest BCUT2D eigenvalue weighted by Gasteiger charge is -2.31. The van der Waals surface area contributed by atoms with Crippen LogP contribution in [0.1, 0.15) is 0 Å². The predicted molar refractivity (Wildman–Crippen MR) is 62.0 cm³/mol. The van der Waals surface area contributed by atoms with Crippen molar-refractivity contribution in [3.63, 3.8) is 0 Å². The Balaban J connectivity index is 2.20. The van der Waals surface area contributed by atoms with Gasteiger partial charge in [-0.2, -0.15) is 0 Å². The van der Waals surface area contributed by atoms with Crippen LogP contribution in [0.3, 0.4) is 0 Å². The SMILES string of the molecule is CNC/C=C/C(=O)CN1CCN(C)CC1. The fraction of sp³-hybridized carbons (Fsp3) is 0.727. The number of ketones is 1. The average molecular weight is 211 g/mol. The third kappa shape index (κ3) is 5.06. The molecule has 0 aliphatic carbocycles. The summed E-state index contributed by atoms with van der Waals surface area (Å²) in [5.41, 5.74) is 0. The van der Waals surface area contributed by atoms with Crippen LogP contribution in [0.5, 0.6) is 0 Å². The first-order valence-electron chi connectivity index (χ1n) is 5.47. The molecule has 1 N–H and O–H groups in total. The summed E-state index contributed by atoms with van der Waals surface area (Å²) in [5.74, 6) is 0.204. The van der Waals surface area contributed by atoms with Crippen molar-refractivity contribution in [2.24, 2.45) is 0 Å². The smallest absolute Gasteiger partial charge is 0.169 e. The zero-order valence-electron chi connectivity index (χ0n) is 9.70. The van der Waals surface area contributed by atoms with Crippen LogP contribution in [0.15, 0.2) is 12.2 Å². The van der Waals surface area contributed by atoms with Gasteiger partial charge in [-0.3, -0.25) is 9.69 Å². The summed E-state index contributed by atoms with van der Waals surface area (Å²) in [6.45, 7) is 5.45. The minimum Gasteiger partial charge on any atom is -0.316 e. The zero-order chi connectivity index (χ0) is 11.1. The molecular formula is C11H21N3O. The van der Waals surface area contributed by atoms with E-state index in [9.17, 15) is 4.79 Å². The monoisotopic (exact) mass is 211 g/mol. The molecule has 0 atom stereocenters. The molecule has 0 unspecified atom stereocenters. The zero-order valence-corrected chi connectivity index (χ0v) is 9.70. The van der Waals surface area contributed by atoms with E-state index in [1.54, 1.807) is 6.08 Å². The quantitative estimate of drug-likeness (QED) is 0.627. The van der Waals surface area contributed by atoms with Gasteiger partial charge in [-0.1, -0.05) is 6.08 Å². The van der Waals surface area contributed by atoms with Gasteiger partial charge in [0.2, 0.25) is 0 Å². The summed E-state index contributed by atoms with van der Waals surface area (Å²) < 4.78 is 0. The van der Waals surface area contributed by atoms with Gasteiger partial charge in [0.1, 0.15) is 0 Å². The maximum atomic E-state index is 11.5. The topological polar surface area (TPSA) is 35.6 Å². The van der Waals surface area contributed by atoms with Crippen molar-refractivity contribution in [2.75, 3.05) is 53.4 Å². The Hall–Kier alpha value is -0.710. The van der Waals surface area contributed by atoms with Crippen molar-refractivity contribution in [1.29, 1.82) is 0 Å². The summed E-state index contributed by atoms with van der Waals surface area (Å²) in [5, 5.41) is 2.97. The number of rotatable bonds is 5. The number of piperazine rings is 1. The third-order valence-electron chi connectivity index (χ3n) is 2.60.